The lowest BCUT2D eigenvalue weighted by Crippen LogP contribution is -1.55. The molecule has 6 nitrogen and oxygen atoms in total. The van der Waals surface area contributed by atoms with Gasteiger partial charge >= 0.3 is 0 Å². The van der Waals surface area contributed by atoms with Crippen LogP contribution in [0.15, 0.2) is 0 Å². The van der Waals surface area contributed by atoms with Crippen molar-refractivity contribution < 1.29 is 30.6 Å². The fraction of sp³-hybridized carbons (Fsp3) is 1.00. The Hall–Kier alpha value is 0.630. The fourth-order valence-electron chi connectivity index (χ4n) is 0. The first-order chi connectivity index (χ1) is 7.73. The normalized spacial score (nSPS) is 4.50. The van der Waals surface area contributed by atoms with E-state index in [0.29, 0.717) is 0 Å². The molecule has 0 saturated heterocycles. The first kappa shape index (κ1) is 43.8. The van der Waals surface area contributed by atoms with E-state index in [1.165, 1.54) is 0 Å². The van der Waals surface area contributed by atoms with Gasteiger partial charge in [-0.2, -0.15) is 0 Å². The van der Waals surface area contributed by atoms with Crippen molar-refractivity contribution in [2.24, 2.45) is 0 Å². The Morgan fingerprint density at radius 2 is 0.438 bits per heavy atom. The molecule has 0 amide bonds. The van der Waals surface area contributed by atoms with Crippen molar-refractivity contribution in [3.63, 3.8) is 0 Å². The molecule has 0 saturated carbocycles. The predicted molar refractivity (Wildman–Crippen MR) is 70.2 cm³/mol. The van der Waals surface area contributed by atoms with E-state index in [-0.39, 0.29) is 0 Å². The molecule has 0 aliphatic carbocycles. The van der Waals surface area contributed by atoms with Gasteiger partial charge in [-0.05, 0) is 0 Å². The molecule has 0 aromatic rings. The molecule has 0 aromatic heterocycles. The summed E-state index contributed by atoms with van der Waals surface area (Å²) in [5.74, 6) is 0. The Balaban J connectivity index is -0.0000000122. The Labute approximate surface area is 113 Å². The van der Waals surface area contributed by atoms with Crippen LogP contribution in [0.3, 0.4) is 0 Å². The lowest BCUT2D eigenvalue weighted by atomic mass is 11.8. The highest BCUT2D eigenvalue weighted by Gasteiger charge is 1.78. The van der Waals surface area contributed by atoms with Gasteiger partial charge in [0.1, 0.15) is 0 Å². The molecule has 0 radical (unpaired) electrons. The number of halogens is 3. The Morgan fingerprint density at radius 1 is 0.438 bits per heavy atom. The van der Waals surface area contributed by atoms with Crippen molar-refractivity contribution in [1.82, 2.24) is 0 Å². The van der Waals surface area contributed by atoms with Crippen LogP contribution < -0.4 is 0 Å². The van der Waals surface area contributed by atoms with Gasteiger partial charge in [-0.1, -0.05) is 34.8 Å². The van der Waals surface area contributed by atoms with E-state index in [9.17, 15) is 0 Å². The van der Waals surface area contributed by atoms with Gasteiger partial charge in [-0.15, -0.1) is 0 Å². The molecule has 0 fully saturated rings. The van der Waals surface area contributed by atoms with E-state index in [0.717, 1.165) is 42.7 Å². The van der Waals surface area contributed by atoms with Crippen LogP contribution in [0.4, 0.5) is 0 Å². The van der Waals surface area contributed by atoms with Crippen molar-refractivity contribution in [2.45, 2.75) is 4.30 Å². The number of hydrogen-bond donors (Lipinski definition) is 6. The van der Waals surface area contributed by atoms with Gasteiger partial charge in [-0.25, -0.2) is 0 Å². The minimum atomic E-state index is -0.750. The molecule has 0 aliphatic heterocycles. The highest BCUT2D eigenvalue weighted by molar-refractivity contribution is 6.63. The maximum atomic E-state index is 7.00. The lowest BCUT2D eigenvalue weighted by molar-refractivity contribution is 0.399. The SMILES string of the molecule is CO.CO.CO.CO.CO.CO.ClC(Cl)Cl. The number of rotatable bonds is 0. The van der Waals surface area contributed by atoms with Gasteiger partial charge in [0.15, 0.2) is 4.30 Å². The molecule has 0 spiro atoms. The van der Waals surface area contributed by atoms with Crippen LogP contribution >= 0.6 is 34.8 Å². The van der Waals surface area contributed by atoms with E-state index in [2.05, 4.69) is 0 Å². The van der Waals surface area contributed by atoms with Crippen LogP contribution in [0.5, 0.6) is 0 Å². The van der Waals surface area contributed by atoms with E-state index in [1.807, 2.05) is 0 Å². The second-order valence-electron chi connectivity index (χ2n) is 0.247. The molecule has 16 heavy (non-hydrogen) atoms. The second kappa shape index (κ2) is 254. The van der Waals surface area contributed by atoms with E-state index in [4.69, 9.17) is 65.4 Å². The van der Waals surface area contributed by atoms with Crippen LogP contribution in [-0.4, -0.2) is 77.6 Å². The summed E-state index contributed by atoms with van der Waals surface area (Å²) >= 11 is 14.4. The Morgan fingerprint density at radius 3 is 0.438 bits per heavy atom. The third-order valence-corrected chi connectivity index (χ3v) is 0. The molecule has 0 atom stereocenters. The van der Waals surface area contributed by atoms with Gasteiger partial charge < -0.3 is 30.6 Å². The zero-order chi connectivity index (χ0) is 15.6. The monoisotopic (exact) mass is 310 g/mol. The average Bonchev–Trinajstić information content (AvgIpc) is 2.42. The predicted octanol–water partition coefficient (Wildman–Crippen LogP) is -0.363. The minimum absolute atomic E-state index is 0.750. The second-order valence-corrected chi connectivity index (χ2v) is 2.23. The first-order valence-electron chi connectivity index (χ1n) is 3.34. The quantitative estimate of drug-likeness (QED) is 0.340. The Bertz CT molecular complexity index is 28.8. The summed E-state index contributed by atoms with van der Waals surface area (Å²) in [6.45, 7) is 0. The van der Waals surface area contributed by atoms with Crippen LogP contribution in [0.2, 0.25) is 0 Å². The molecule has 0 rings (SSSR count). The van der Waals surface area contributed by atoms with Crippen molar-refractivity contribution >= 4 is 34.8 Å². The number of hydrogen-bond acceptors (Lipinski definition) is 6. The van der Waals surface area contributed by atoms with E-state index in [1.54, 1.807) is 0 Å². The molecule has 0 heterocycles. The third kappa shape index (κ3) is 6850. The highest BCUT2D eigenvalue weighted by Crippen LogP contribution is 2.03. The zero-order valence-corrected chi connectivity index (χ0v) is 12.7. The van der Waals surface area contributed by atoms with Crippen LogP contribution in [0, 0.1) is 0 Å². The highest BCUT2D eigenvalue weighted by atomic mass is 35.6. The van der Waals surface area contributed by atoms with Crippen molar-refractivity contribution in [3.05, 3.63) is 0 Å². The van der Waals surface area contributed by atoms with Crippen LogP contribution in [0.25, 0.3) is 0 Å². The van der Waals surface area contributed by atoms with Gasteiger partial charge in [-0.3, -0.25) is 0 Å². The van der Waals surface area contributed by atoms with Gasteiger partial charge in [0.25, 0.3) is 0 Å². The number of aliphatic hydroxyl groups excluding tert-OH is 6. The average molecular weight is 312 g/mol. The topological polar surface area (TPSA) is 121 Å². The van der Waals surface area contributed by atoms with E-state index < -0.39 is 4.30 Å². The summed E-state index contributed by atoms with van der Waals surface area (Å²) in [4.78, 5) is 0. The summed E-state index contributed by atoms with van der Waals surface area (Å²) < 4.78 is -0.750. The van der Waals surface area contributed by atoms with Gasteiger partial charge in [0.05, 0.1) is 0 Å². The molecule has 0 bridgehead atoms. The van der Waals surface area contributed by atoms with E-state index >= 15 is 0 Å². The summed E-state index contributed by atoms with van der Waals surface area (Å²) in [6, 6.07) is 0. The molecule has 0 unspecified atom stereocenters. The van der Waals surface area contributed by atoms with Gasteiger partial charge in [0.2, 0.25) is 0 Å². The maximum Gasteiger partial charge on any atom is 0.180 e. The summed E-state index contributed by atoms with van der Waals surface area (Å²) in [5, 5.41) is 42.0. The lowest BCUT2D eigenvalue weighted by Gasteiger charge is -1.69. The van der Waals surface area contributed by atoms with Crippen LogP contribution in [0.1, 0.15) is 0 Å². The minimum Gasteiger partial charge on any atom is -0.400 e. The largest absolute Gasteiger partial charge is 0.400 e. The molecule has 110 valence electrons. The first-order valence-corrected chi connectivity index (χ1v) is 4.65. The summed E-state index contributed by atoms with van der Waals surface area (Å²) in [6.07, 6.45) is 0. The Kier molecular flexibility index (Phi) is 695. The summed E-state index contributed by atoms with van der Waals surface area (Å²) in [7, 11) is 6.00. The standard InChI is InChI=1S/CHCl3.6CH4O/c2-1(3)4;6*1-2/h1H;6*2H,1H3. The smallest absolute Gasteiger partial charge is 0.180 e. The number of aliphatic hydroxyl groups is 6. The van der Waals surface area contributed by atoms with Gasteiger partial charge in [0, 0.05) is 42.7 Å². The molecule has 0 aliphatic rings. The van der Waals surface area contributed by atoms with Crippen LogP contribution in [-0.2, 0) is 0 Å². The molecule has 0 aromatic carbocycles. The molecule has 9 heteroatoms. The van der Waals surface area contributed by atoms with Crippen molar-refractivity contribution in [1.29, 1.82) is 0 Å². The zero-order valence-electron chi connectivity index (χ0n) is 10.4. The number of alkyl halides is 3. The molecular formula is C7H25Cl3O6. The molecule has 6 N–H and O–H groups in total. The molecular weight excluding hydrogens is 286 g/mol. The fourth-order valence-corrected chi connectivity index (χ4v) is 0. The maximum absolute atomic E-state index is 7.00. The summed E-state index contributed by atoms with van der Waals surface area (Å²) in [5.41, 5.74) is 0. The third-order valence-electron chi connectivity index (χ3n) is 0. The van der Waals surface area contributed by atoms with Crippen molar-refractivity contribution in [3.8, 4) is 0 Å². The van der Waals surface area contributed by atoms with Crippen molar-refractivity contribution in [2.75, 3.05) is 42.7 Å².